The van der Waals surface area contributed by atoms with Crippen molar-refractivity contribution in [2.45, 2.75) is 19.8 Å². The predicted octanol–water partition coefficient (Wildman–Crippen LogP) is 2.20. The molecule has 104 valence electrons. The van der Waals surface area contributed by atoms with E-state index in [0.717, 1.165) is 6.42 Å². The minimum atomic E-state index is -0.408. The number of amides is 2. The Morgan fingerprint density at radius 2 is 2.05 bits per heavy atom. The zero-order valence-electron chi connectivity index (χ0n) is 11.0. The number of ether oxygens (including phenoxy) is 1. The molecule has 0 radical (unpaired) electrons. The van der Waals surface area contributed by atoms with Crippen molar-refractivity contribution in [3.8, 4) is 5.75 Å². The zero-order chi connectivity index (χ0) is 14.3. The monoisotopic (exact) mass is 284 g/mol. The van der Waals surface area contributed by atoms with Gasteiger partial charge in [0.25, 0.3) is 0 Å². The van der Waals surface area contributed by atoms with Crippen LogP contribution in [0, 0.1) is 0 Å². The number of rotatable bonds is 6. The van der Waals surface area contributed by atoms with Gasteiger partial charge in [-0.2, -0.15) is 0 Å². The van der Waals surface area contributed by atoms with Crippen molar-refractivity contribution in [2.24, 2.45) is 0 Å². The molecule has 0 atom stereocenters. The van der Waals surface area contributed by atoms with E-state index >= 15 is 0 Å². The molecule has 1 rings (SSSR count). The Hall–Kier alpha value is -1.75. The number of carbonyl (C=O) groups excluding carboxylic acids is 2. The SMILES string of the molecule is CCCNC(=O)CC(=O)Nc1cc(Cl)ccc1OC. The van der Waals surface area contributed by atoms with Crippen molar-refractivity contribution in [2.75, 3.05) is 19.0 Å². The van der Waals surface area contributed by atoms with E-state index in [-0.39, 0.29) is 12.3 Å². The van der Waals surface area contributed by atoms with Gasteiger partial charge in [0.05, 0.1) is 12.8 Å². The van der Waals surface area contributed by atoms with Crippen LogP contribution in [-0.2, 0) is 9.59 Å². The maximum absolute atomic E-state index is 11.7. The molecule has 0 fully saturated rings. The number of hydrogen-bond acceptors (Lipinski definition) is 3. The van der Waals surface area contributed by atoms with Gasteiger partial charge >= 0.3 is 0 Å². The van der Waals surface area contributed by atoms with Gasteiger partial charge in [0.15, 0.2) is 0 Å². The Labute approximate surface area is 117 Å². The molecule has 19 heavy (non-hydrogen) atoms. The van der Waals surface area contributed by atoms with Crippen molar-refractivity contribution < 1.29 is 14.3 Å². The van der Waals surface area contributed by atoms with Gasteiger partial charge in [-0.05, 0) is 24.6 Å². The first kappa shape index (κ1) is 15.3. The van der Waals surface area contributed by atoms with E-state index in [0.29, 0.717) is 23.0 Å². The molecule has 2 amide bonds. The van der Waals surface area contributed by atoms with E-state index < -0.39 is 5.91 Å². The highest BCUT2D eigenvalue weighted by Gasteiger charge is 2.12. The smallest absolute Gasteiger partial charge is 0.233 e. The van der Waals surface area contributed by atoms with Crippen molar-refractivity contribution in [1.29, 1.82) is 0 Å². The summed E-state index contributed by atoms with van der Waals surface area (Å²) in [4.78, 5) is 23.1. The molecule has 0 aromatic heterocycles. The Morgan fingerprint density at radius 3 is 2.68 bits per heavy atom. The second-order valence-electron chi connectivity index (χ2n) is 3.92. The largest absolute Gasteiger partial charge is 0.495 e. The van der Waals surface area contributed by atoms with E-state index in [1.165, 1.54) is 7.11 Å². The highest BCUT2D eigenvalue weighted by molar-refractivity contribution is 6.31. The lowest BCUT2D eigenvalue weighted by atomic mass is 10.2. The fourth-order valence-electron chi connectivity index (χ4n) is 1.45. The van der Waals surface area contributed by atoms with Gasteiger partial charge in [-0.3, -0.25) is 9.59 Å². The van der Waals surface area contributed by atoms with Crippen molar-refractivity contribution in [3.63, 3.8) is 0 Å². The van der Waals surface area contributed by atoms with Crippen molar-refractivity contribution in [1.82, 2.24) is 5.32 Å². The Bertz CT molecular complexity index is 463. The zero-order valence-corrected chi connectivity index (χ0v) is 11.7. The second kappa shape index (κ2) is 7.63. The molecule has 6 heteroatoms. The van der Waals surface area contributed by atoms with Crippen LogP contribution in [0.15, 0.2) is 18.2 Å². The summed E-state index contributed by atoms with van der Waals surface area (Å²) in [5.74, 6) is -0.221. The van der Waals surface area contributed by atoms with Crippen LogP contribution in [-0.4, -0.2) is 25.5 Å². The third-order valence-electron chi connectivity index (χ3n) is 2.33. The summed E-state index contributed by atoms with van der Waals surface area (Å²) >= 11 is 5.85. The number of methoxy groups -OCH3 is 1. The summed E-state index contributed by atoms with van der Waals surface area (Å²) in [6, 6.07) is 4.88. The first-order valence-electron chi connectivity index (χ1n) is 5.97. The molecular weight excluding hydrogens is 268 g/mol. The number of benzene rings is 1. The molecule has 0 aliphatic heterocycles. The van der Waals surface area contributed by atoms with Gasteiger partial charge in [0.1, 0.15) is 12.2 Å². The fraction of sp³-hybridized carbons (Fsp3) is 0.385. The van der Waals surface area contributed by atoms with Crippen LogP contribution >= 0.6 is 11.6 Å². The minimum Gasteiger partial charge on any atom is -0.495 e. The van der Waals surface area contributed by atoms with E-state index in [4.69, 9.17) is 16.3 Å². The molecule has 0 saturated heterocycles. The second-order valence-corrected chi connectivity index (χ2v) is 4.36. The Kier molecular flexibility index (Phi) is 6.15. The molecule has 1 aromatic rings. The number of hydrogen-bond donors (Lipinski definition) is 2. The molecule has 0 aliphatic rings. The number of carbonyl (C=O) groups is 2. The van der Waals surface area contributed by atoms with Gasteiger partial charge < -0.3 is 15.4 Å². The number of anilines is 1. The lowest BCUT2D eigenvalue weighted by molar-refractivity contribution is -0.126. The summed E-state index contributed by atoms with van der Waals surface area (Å²) < 4.78 is 5.10. The van der Waals surface area contributed by atoms with Crippen LogP contribution in [0.5, 0.6) is 5.75 Å². The highest BCUT2D eigenvalue weighted by Crippen LogP contribution is 2.27. The van der Waals surface area contributed by atoms with Crippen LogP contribution in [0.4, 0.5) is 5.69 Å². The Morgan fingerprint density at radius 1 is 1.32 bits per heavy atom. The number of nitrogens with one attached hydrogen (secondary N) is 2. The van der Waals surface area contributed by atoms with Gasteiger partial charge in [-0.1, -0.05) is 18.5 Å². The molecule has 0 heterocycles. The molecule has 0 bridgehead atoms. The molecule has 1 aromatic carbocycles. The molecule has 0 spiro atoms. The molecule has 0 saturated carbocycles. The summed E-state index contributed by atoms with van der Waals surface area (Å²) in [6.07, 6.45) is 0.602. The predicted molar refractivity (Wildman–Crippen MR) is 74.6 cm³/mol. The summed E-state index contributed by atoms with van der Waals surface area (Å²) in [5, 5.41) is 5.71. The third kappa shape index (κ3) is 5.18. The quantitative estimate of drug-likeness (QED) is 0.787. The molecule has 5 nitrogen and oxygen atoms in total. The van der Waals surface area contributed by atoms with Gasteiger partial charge in [0.2, 0.25) is 11.8 Å². The van der Waals surface area contributed by atoms with Crippen LogP contribution in [0.1, 0.15) is 19.8 Å². The molecule has 0 unspecified atom stereocenters. The van der Waals surface area contributed by atoms with Crippen molar-refractivity contribution in [3.05, 3.63) is 23.2 Å². The van der Waals surface area contributed by atoms with E-state index in [1.54, 1.807) is 18.2 Å². The first-order valence-corrected chi connectivity index (χ1v) is 6.34. The number of halogens is 1. The molecule has 2 N–H and O–H groups in total. The third-order valence-corrected chi connectivity index (χ3v) is 2.56. The van der Waals surface area contributed by atoms with Crippen molar-refractivity contribution >= 4 is 29.1 Å². The van der Waals surface area contributed by atoms with Gasteiger partial charge in [-0.15, -0.1) is 0 Å². The average molecular weight is 285 g/mol. The standard InChI is InChI=1S/C13H17ClN2O3/c1-3-6-15-12(17)8-13(18)16-10-7-9(14)4-5-11(10)19-2/h4-5,7H,3,6,8H2,1-2H3,(H,15,17)(H,16,18). The highest BCUT2D eigenvalue weighted by atomic mass is 35.5. The van der Waals surface area contributed by atoms with Crippen LogP contribution in [0.2, 0.25) is 5.02 Å². The first-order chi connectivity index (χ1) is 9.06. The lowest BCUT2D eigenvalue weighted by Crippen LogP contribution is -2.28. The van der Waals surface area contributed by atoms with Gasteiger partial charge in [-0.25, -0.2) is 0 Å². The van der Waals surface area contributed by atoms with Crippen LogP contribution in [0.3, 0.4) is 0 Å². The average Bonchev–Trinajstić information content (AvgIpc) is 2.36. The van der Waals surface area contributed by atoms with Crippen LogP contribution < -0.4 is 15.4 Å². The van der Waals surface area contributed by atoms with Gasteiger partial charge in [0, 0.05) is 11.6 Å². The fourth-order valence-corrected chi connectivity index (χ4v) is 1.62. The lowest BCUT2D eigenvalue weighted by Gasteiger charge is -2.10. The van der Waals surface area contributed by atoms with Crippen LogP contribution in [0.25, 0.3) is 0 Å². The molecule has 0 aliphatic carbocycles. The normalized spacial score (nSPS) is 9.84. The maximum Gasteiger partial charge on any atom is 0.233 e. The summed E-state index contributed by atoms with van der Waals surface area (Å²) in [5.41, 5.74) is 0.447. The van der Waals surface area contributed by atoms with E-state index in [9.17, 15) is 9.59 Å². The Balaban J connectivity index is 2.61. The van der Waals surface area contributed by atoms with E-state index in [2.05, 4.69) is 10.6 Å². The molecular formula is C13H17ClN2O3. The van der Waals surface area contributed by atoms with E-state index in [1.807, 2.05) is 6.92 Å². The topological polar surface area (TPSA) is 67.4 Å². The maximum atomic E-state index is 11.7. The summed E-state index contributed by atoms with van der Waals surface area (Å²) in [7, 11) is 1.49. The minimum absolute atomic E-state index is 0.227. The summed E-state index contributed by atoms with van der Waals surface area (Å²) in [6.45, 7) is 2.50.